The number of aryl methyl sites for hydroxylation is 1. The maximum Gasteiger partial charge on any atom is 0.261 e. The summed E-state index contributed by atoms with van der Waals surface area (Å²) in [7, 11) is 0. The van der Waals surface area contributed by atoms with Crippen LogP contribution < -0.4 is 5.56 Å². The fourth-order valence-corrected chi connectivity index (χ4v) is 4.95. The molecule has 0 unspecified atom stereocenters. The van der Waals surface area contributed by atoms with E-state index in [1.807, 2.05) is 61.8 Å². The summed E-state index contributed by atoms with van der Waals surface area (Å²) < 4.78 is 7.06. The molecule has 0 spiro atoms. The number of ether oxygens (including phenoxy) is 1. The van der Waals surface area contributed by atoms with Gasteiger partial charge >= 0.3 is 0 Å². The van der Waals surface area contributed by atoms with Crippen LogP contribution in [0.2, 0.25) is 0 Å². The minimum atomic E-state index is -0.635. The molecule has 1 aliphatic rings. The maximum absolute atomic E-state index is 13.6. The van der Waals surface area contributed by atoms with Crippen molar-refractivity contribution >= 4 is 21.7 Å². The molecule has 3 aromatic heterocycles. The van der Waals surface area contributed by atoms with Gasteiger partial charge in [0.1, 0.15) is 0 Å². The van der Waals surface area contributed by atoms with E-state index in [-0.39, 0.29) is 5.56 Å². The van der Waals surface area contributed by atoms with Crippen molar-refractivity contribution in [3.8, 4) is 11.3 Å². The number of rotatable bonds is 4. The fourth-order valence-electron chi connectivity index (χ4n) is 4.95. The number of aromatic nitrogens is 4. The van der Waals surface area contributed by atoms with E-state index in [1.165, 1.54) is 4.57 Å². The van der Waals surface area contributed by atoms with Crippen LogP contribution in [0.15, 0.2) is 78.1 Å². The van der Waals surface area contributed by atoms with Gasteiger partial charge < -0.3 is 9.84 Å². The van der Waals surface area contributed by atoms with Crippen molar-refractivity contribution in [2.45, 2.75) is 31.9 Å². The third kappa shape index (κ3) is 4.06. The smallest absolute Gasteiger partial charge is 0.261 e. The second kappa shape index (κ2) is 9.26. The highest BCUT2D eigenvalue weighted by Crippen LogP contribution is 2.29. The van der Waals surface area contributed by atoms with Crippen LogP contribution in [0.3, 0.4) is 0 Å². The summed E-state index contributed by atoms with van der Waals surface area (Å²) in [4.78, 5) is 27.3. The first-order valence-electron chi connectivity index (χ1n) is 12.1. The van der Waals surface area contributed by atoms with Crippen LogP contribution in [0, 0.1) is 6.92 Å². The van der Waals surface area contributed by atoms with Crippen molar-refractivity contribution in [2.75, 3.05) is 13.2 Å². The fraction of sp³-hybridized carbons (Fsp3) is 0.241. The van der Waals surface area contributed by atoms with Gasteiger partial charge in [-0.15, -0.1) is 0 Å². The number of hydrogen-bond donors (Lipinski definition) is 1. The van der Waals surface area contributed by atoms with E-state index >= 15 is 0 Å². The SMILES string of the molecule is Cc1ccc(-c2ccc(Cc3cc4c(=O)n([C@@H]5COCC[C@@H]5O)cnc4c4ccccc34)cn2)cn1. The summed E-state index contributed by atoms with van der Waals surface area (Å²) in [5, 5.41) is 13.0. The Morgan fingerprint density at radius 3 is 2.61 bits per heavy atom. The summed E-state index contributed by atoms with van der Waals surface area (Å²) in [6.45, 7) is 2.75. The van der Waals surface area contributed by atoms with E-state index in [1.54, 1.807) is 6.33 Å². The zero-order valence-corrected chi connectivity index (χ0v) is 20.0. The van der Waals surface area contributed by atoms with E-state index < -0.39 is 12.1 Å². The molecule has 7 heteroatoms. The topological polar surface area (TPSA) is 90.1 Å². The van der Waals surface area contributed by atoms with Crippen molar-refractivity contribution in [3.63, 3.8) is 0 Å². The molecular weight excluding hydrogens is 452 g/mol. The first-order valence-corrected chi connectivity index (χ1v) is 12.1. The molecule has 0 bridgehead atoms. The molecule has 7 nitrogen and oxygen atoms in total. The van der Waals surface area contributed by atoms with Crippen LogP contribution in [-0.4, -0.2) is 43.9 Å². The number of aliphatic hydroxyl groups excluding tert-OH is 1. The zero-order valence-electron chi connectivity index (χ0n) is 20.0. The third-order valence-electron chi connectivity index (χ3n) is 6.95. The normalized spacial score (nSPS) is 18.1. The van der Waals surface area contributed by atoms with Gasteiger partial charge in [0.05, 0.1) is 41.7 Å². The number of fused-ring (bicyclic) bond motifs is 3. The Hall–Kier alpha value is -3.94. The second-order valence-electron chi connectivity index (χ2n) is 9.35. The summed E-state index contributed by atoms with van der Waals surface area (Å²) >= 11 is 0. The van der Waals surface area contributed by atoms with Crippen LogP contribution in [0.25, 0.3) is 32.9 Å². The van der Waals surface area contributed by atoms with Crippen molar-refractivity contribution < 1.29 is 9.84 Å². The minimum Gasteiger partial charge on any atom is -0.391 e. The van der Waals surface area contributed by atoms with E-state index in [2.05, 4.69) is 27.1 Å². The molecule has 1 aliphatic heterocycles. The molecule has 36 heavy (non-hydrogen) atoms. The minimum absolute atomic E-state index is 0.165. The molecule has 0 saturated carbocycles. The van der Waals surface area contributed by atoms with Gasteiger partial charge in [0.25, 0.3) is 5.56 Å². The molecule has 4 heterocycles. The van der Waals surface area contributed by atoms with Gasteiger partial charge in [-0.1, -0.05) is 30.3 Å². The quantitative estimate of drug-likeness (QED) is 0.389. The first kappa shape index (κ1) is 22.5. The van der Waals surface area contributed by atoms with Crippen molar-refractivity contribution in [1.82, 2.24) is 19.5 Å². The Bertz CT molecular complexity index is 1610. The van der Waals surface area contributed by atoms with Crippen LogP contribution in [0.4, 0.5) is 0 Å². The van der Waals surface area contributed by atoms with E-state index in [4.69, 9.17) is 4.74 Å². The molecule has 0 aliphatic carbocycles. The molecule has 1 N–H and O–H groups in total. The largest absolute Gasteiger partial charge is 0.391 e. The van der Waals surface area contributed by atoms with E-state index in [0.717, 1.165) is 38.9 Å². The molecule has 6 rings (SSSR count). The molecule has 2 aromatic carbocycles. The highest BCUT2D eigenvalue weighted by molar-refractivity contribution is 6.06. The summed E-state index contributed by atoms with van der Waals surface area (Å²) in [5.41, 5.74) is 5.39. The van der Waals surface area contributed by atoms with Gasteiger partial charge in [0.15, 0.2) is 0 Å². The lowest BCUT2D eigenvalue weighted by Gasteiger charge is -2.29. The van der Waals surface area contributed by atoms with Gasteiger partial charge in [-0.3, -0.25) is 19.3 Å². The Labute approximate surface area is 208 Å². The Kier molecular flexibility index (Phi) is 5.79. The summed E-state index contributed by atoms with van der Waals surface area (Å²) in [6.07, 6.45) is 5.75. The van der Waals surface area contributed by atoms with Gasteiger partial charge in [-0.2, -0.15) is 0 Å². The average molecular weight is 479 g/mol. The number of benzene rings is 2. The monoisotopic (exact) mass is 478 g/mol. The highest BCUT2D eigenvalue weighted by Gasteiger charge is 2.27. The van der Waals surface area contributed by atoms with Crippen molar-refractivity contribution in [2.24, 2.45) is 0 Å². The predicted octanol–water partition coefficient (Wildman–Crippen LogP) is 4.23. The van der Waals surface area contributed by atoms with Crippen molar-refractivity contribution in [1.29, 1.82) is 0 Å². The predicted molar refractivity (Wildman–Crippen MR) is 139 cm³/mol. The van der Waals surface area contributed by atoms with E-state index in [0.29, 0.717) is 37.0 Å². The van der Waals surface area contributed by atoms with E-state index in [9.17, 15) is 9.90 Å². The lowest BCUT2D eigenvalue weighted by Crippen LogP contribution is -2.39. The standard InChI is InChI=1S/C29H26N4O3/c1-18-6-8-20(15-30-18)25-9-7-19(14-31-25)12-21-13-24-28(23-5-3-2-4-22(21)23)32-17-33(29(24)35)26-16-36-11-10-27(26)34/h2-9,13-15,17,26-27,34H,10-12,16H2,1H3/t26-,27+/m1/s1. The Balaban J connectivity index is 1.42. The second-order valence-corrected chi connectivity index (χ2v) is 9.35. The van der Waals surface area contributed by atoms with Crippen LogP contribution in [0.5, 0.6) is 0 Å². The molecule has 0 amide bonds. The average Bonchev–Trinajstić information content (AvgIpc) is 2.91. The zero-order chi connectivity index (χ0) is 24.6. The van der Waals surface area contributed by atoms with Crippen LogP contribution in [0.1, 0.15) is 29.3 Å². The Morgan fingerprint density at radius 2 is 1.86 bits per heavy atom. The number of nitrogens with zero attached hydrogens (tertiary/aromatic N) is 4. The maximum atomic E-state index is 13.6. The molecule has 0 radical (unpaired) electrons. The number of hydrogen-bond acceptors (Lipinski definition) is 6. The van der Waals surface area contributed by atoms with Crippen LogP contribution in [-0.2, 0) is 11.2 Å². The molecular formula is C29H26N4O3. The van der Waals surface area contributed by atoms with Gasteiger partial charge in [0, 0.05) is 35.6 Å². The van der Waals surface area contributed by atoms with Gasteiger partial charge in [-0.25, -0.2) is 4.98 Å². The van der Waals surface area contributed by atoms with Gasteiger partial charge in [0.2, 0.25) is 0 Å². The lowest BCUT2D eigenvalue weighted by molar-refractivity contribution is -0.0303. The molecule has 5 aromatic rings. The summed E-state index contributed by atoms with van der Waals surface area (Å²) in [6, 6.07) is 17.6. The van der Waals surface area contributed by atoms with Gasteiger partial charge in [-0.05, 0) is 60.5 Å². The Morgan fingerprint density at radius 1 is 1.00 bits per heavy atom. The lowest BCUT2D eigenvalue weighted by atomic mass is 9.96. The number of aliphatic hydroxyl groups is 1. The van der Waals surface area contributed by atoms with Crippen LogP contribution >= 0.6 is 0 Å². The van der Waals surface area contributed by atoms with Crippen molar-refractivity contribution in [3.05, 3.63) is 100 Å². The summed E-state index contributed by atoms with van der Waals surface area (Å²) in [5.74, 6) is 0. The highest BCUT2D eigenvalue weighted by atomic mass is 16.5. The molecule has 2 atom stereocenters. The first-order chi connectivity index (χ1) is 17.6. The molecule has 180 valence electrons. The molecule has 1 saturated heterocycles. The third-order valence-corrected chi connectivity index (χ3v) is 6.95. The molecule has 1 fully saturated rings. The number of pyridine rings is 2.